The number of carbonyl (C=O) groups excluding carboxylic acids is 1. The van der Waals surface area contributed by atoms with Gasteiger partial charge in [-0.05, 0) is 18.4 Å². The van der Waals surface area contributed by atoms with Crippen LogP contribution in [-0.4, -0.2) is 28.4 Å². The lowest BCUT2D eigenvalue weighted by Crippen LogP contribution is -2.34. The first kappa shape index (κ1) is 12.4. The fourth-order valence-electron chi connectivity index (χ4n) is 2.09. The first-order valence-electron chi connectivity index (χ1n) is 6.05. The second kappa shape index (κ2) is 5.53. The highest BCUT2D eigenvalue weighted by Gasteiger charge is 2.17. The van der Waals surface area contributed by atoms with E-state index < -0.39 is 0 Å². The molecule has 1 aliphatic heterocycles. The molecule has 0 saturated carbocycles. The summed E-state index contributed by atoms with van der Waals surface area (Å²) in [6, 6.07) is 7.38. The molecule has 0 unspecified atom stereocenters. The Bertz CT molecular complexity index is 454. The van der Waals surface area contributed by atoms with Gasteiger partial charge in [-0.1, -0.05) is 29.4 Å². The first-order valence-corrected chi connectivity index (χ1v) is 6.05. The fourth-order valence-corrected chi connectivity index (χ4v) is 2.09. The summed E-state index contributed by atoms with van der Waals surface area (Å²) in [4.78, 5) is 13.6. The first-order chi connectivity index (χ1) is 8.70. The molecule has 1 aromatic rings. The molecule has 1 saturated heterocycles. The van der Waals surface area contributed by atoms with Crippen LogP contribution in [0.15, 0.2) is 29.4 Å². The van der Waals surface area contributed by atoms with Gasteiger partial charge in [0.05, 0.1) is 0 Å². The van der Waals surface area contributed by atoms with E-state index in [1.54, 1.807) is 12.1 Å². The van der Waals surface area contributed by atoms with Crippen LogP contribution < -0.4 is 5.73 Å². The Balaban J connectivity index is 2.04. The SMILES string of the molecule is N/C(=N\O)c1ccc(CN2CCCCC2=O)cc1. The third kappa shape index (κ3) is 2.80. The zero-order chi connectivity index (χ0) is 13.0. The van der Waals surface area contributed by atoms with Gasteiger partial charge in [0.25, 0.3) is 0 Å². The number of likely N-dealkylation sites (tertiary alicyclic amines) is 1. The van der Waals surface area contributed by atoms with E-state index in [0.29, 0.717) is 18.5 Å². The van der Waals surface area contributed by atoms with Crippen LogP contribution in [0.5, 0.6) is 0 Å². The zero-order valence-corrected chi connectivity index (χ0v) is 10.2. The van der Waals surface area contributed by atoms with Crippen LogP contribution in [0.4, 0.5) is 0 Å². The highest BCUT2D eigenvalue weighted by Crippen LogP contribution is 2.14. The van der Waals surface area contributed by atoms with Gasteiger partial charge in [-0.2, -0.15) is 0 Å². The van der Waals surface area contributed by atoms with Gasteiger partial charge in [0, 0.05) is 25.1 Å². The van der Waals surface area contributed by atoms with Crippen molar-refractivity contribution in [3.8, 4) is 0 Å². The summed E-state index contributed by atoms with van der Waals surface area (Å²) < 4.78 is 0. The molecule has 1 aliphatic rings. The number of nitrogens with zero attached hydrogens (tertiary/aromatic N) is 2. The summed E-state index contributed by atoms with van der Waals surface area (Å²) in [7, 11) is 0. The van der Waals surface area contributed by atoms with Crippen molar-refractivity contribution >= 4 is 11.7 Å². The minimum Gasteiger partial charge on any atom is -0.409 e. The number of amidine groups is 1. The lowest BCUT2D eigenvalue weighted by Gasteiger charge is -2.26. The van der Waals surface area contributed by atoms with Crippen LogP contribution in [-0.2, 0) is 11.3 Å². The van der Waals surface area contributed by atoms with Crippen molar-refractivity contribution in [2.24, 2.45) is 10.9 Å². The van der Waals surface area contributed by atoms with Crippen molar-refractivity contribution < 1.29 is 10.0 Å². The molecule has 0 bridgehead atoms. The van der Waals surface area contributed by atoms with Crippen molar-refractivity contribution in [3.63, 3.8) is 0 Å². The number of hydrogen-bond donors (Lipinski definition) is 2. The van der Waals surface area contributed by atoms with Gasteiger partial charge in [-0.3, -0.25) is 4.79 Å². The Labute approximate surface area is 106 Å². The van der Waals surface area contributed by atoms with Crippen LogP contribution in [0.1, 0.15) is 30.4 Å². The third-order valence-electron chi connectivity index (χ3n) is 3.15. The highest BCUT2D eigenvalue weighted by atomic mass is 16.4. The third-order valence-corrected chi connectivity index (χ3v) is 3.15. The summed E-state index contributed by atoms with van der Waals surface area (Å²) in [6.45, 7) is 1.47. The average molecular weight is 247 g/mol. The van der Waals surface area contributed by atoms with E-state index in [1.165, 1.54) is 0 Å². The number of piperidine rings is 1. The van der Waals surface area contributed by atoms with Crippen LogP contribution in [0, 0.1) is 0 Å². The molecule has 2 rings (SSSR count). The van der Waals surface area contributed by atoms with Crippen molar-refractivity contribution in [2.75, 3.05) is 6.54 Å². The molecule has 3 N–H and O–H groups in total. The summed E-state index contributed by atoms with van der Waals surface area (Å²) in [5, 5.41) is 11.5. The Hall–Kier alpha value is -2.04. The molecule has 0 aromatic heterocycles. The fraction of sp³-hybridized carbons (Fsp3) is 0.385. The second-order valence-corrected chi connectivity index (χ2v) is 4.45. The Morgan fingerprint density at radius 1 is 1.33 bits per heavy atom. The van der Waals surface area contributed by atoms with Crippen molar-refractivity contribution in [1.29, 1.82) is 0 Å². The van der Waals surface area contributed by atoms with Crippen molar-refractivity contribution in [3.05, 3.63) is 35.4 Å². The van der Waals surface area contributed by atoms with Crippen molar-refractivity contribution in [2.45, 2.75) is 25.8 Å². The van der Waals surface area contributed by atoms with Gasteiger partial charge in [-0.25, -0.2) is 0 Å². The van der Waals surface area contributed by atoms with E-state index in [0.717, 1.165) is 24.9 Å². The summed E-state index contributed by atoms with van der Waals surface area (Å²) in [5.74, 6) is 0.317. The van der Waals surface area contributed by atoms with Gasteiger partial charge >= 0.3 is 0 Å². The van der Waals surface area contributed by atoms with Gasteiger partial charge in [0.2, 0.25) is 5.91 Å². The highest BCUT2D eigenvalue weighted by molar-refractivity contribution is 5.96. The van der Waals surface area contributed by atoms with E-state index >= 15 is 0 Å². The van der Waals surface area contributed by atoms with Crippen molar-refractivity contribution in [1.82, 2.24) is 4.90 Å². The Morgan fingerprint density at radius 3 is 2.67 bits per heavy atom. The van der Waals surface area contributed by atoms with E-state index in [1.807, 2.05) is 17.0 Å². The van der Waals surface area contributed by atoms with Gasteiger partial charge in [0.1, 0.15) is 0 Å². The van der Waals surface area contributed by atoms with Gasteiger partial charge < -0.3 is 15.8 Å². The number of rotatable bonds is 3. The largest absolute Gasteiger partial charge is 0.409 e. The summed E-state index contributed by atoms with van der Waals surface area (Å²) in [5.41, 5.74) is 7.21. The van der Waals surface area contributed by atoms with E-state index in [-0.39, 0.29) is 11.7 Å². The molecular weight excluding hydrogens is 230 g/mol. The molecule has 1 heterocycles. The molecule has 0 radical (unpaired) electrons. The maximum atomic E-state index is 11.7. The molecule has 1 amide bonds. The van der Waals surface area contributed by atoms with E-state index in [4.69, 9.17) is 10.9 Å². The van der Waals surface area contributed by atoms with Crippen LogP contribution >= 0.6 is 0 Å². The smallest absolute Gasteiger partial charge is 0.222 e. The lowest BCUT2D eigenvalue weighted by molar-refractivity contribution is -0.133. The number of nitrogens with two attached hydrogens (primary N) is 1. The van der Waals surface area contributed by atoms with Crippen LogP contribution in [0.3, 0.4) is 0 Å². The molecule has 18 heavy (non-hydrogen) atoms. The molecule has 5 heteroatoms. The topological polar surface area (TPSA) is 78.9 Å². The standard InChI is InChI=1S/C13H17N3O2/c14-13(15-18)11-6-4-10(5-7-11)9-16-8-2-1-3-12(16)17/h4-7,18H,1-3,8-9H2,(H2,14,15). The minimum atomic E-state index is 0.0931. The minimum absolute atomic E-state index is 0.0931. The maximum absolute atomic E-state index is 11.7. The molecule has 1 fully saturated rings. The zero-order valence-electron chi connectivity index (χ0n) is 10.2. The molecule has 5 nitrogen and oxygen atoms in total. The van der Waals surface area contributed by atoms with Gasteiger partial charge in [-0.15, -0.1) is 0 Å². The molecule has 0 aliphatic carbocycles. The number of hydrogen-bond acceptors (Lipinski definition) is 3. The second-order valence-electron chi connectivity index (χ2n) is 4.45. The average Bonchev–Trinajstić information content (AvgIpc) is 2.41. The Morgan fingerprint density at radius 2 is 2.06 bits per heavy atom. The van der Waals surface area contributed by atoms with Crippen LogP contribution in [0.2, 0.25) is 0 Å². The number of benzene rings is 1. The number of amides is 1. The molecule has 0 spiro atoms. The summed E-state index contributed by atoms with van der Waals surface area (Å²) in [6.07, 6.45) is 2.73. The number of carbonyl (C=O) groups is 1. The van der Waals surface area contributed by atoms with E-state index in [9.17, 15) is 4.79 Å². The monoisotopic (exact) mass is 247 g/mol. The normalized spacial score (nSPS) is 17.0. The predicted molar refractivity (Wildman–Crippen MR) is 68.2 cm³/mol. The molecule has 0 atom stereocenters. The summed E-state index contributed by atoms with van der Waals surface area (Å²) >= 11 is 0. The molecular formula is C13H17N3O2. The maximum Gasteiger partial charge on any atom is 0.222 e. The number of oxime groups is 1. The van der Waals surface area contributed by atoms with E-state index in [2.05, 4.69) is 5.16 Å². The van der Waals surface area contributed by atoms with Crippen LogP contribution in [0.25, 0.3) is 0 Å². The molecule has 1 aromatic carbocycles. The Kier molecular flexibility index (Phi) is 3.82. The molecule has 96 valence electrons. The quantitative estimate of drug-likeness (QED) is 0.365. The predicted octanol–water partition coefficient (Wildman–Crippen LogP) is 1.29. The lowest BCUT2D eigenvalue weighted by atomic mass is 10.1. The van der Waals surface area contributed by atoms with Gasteiger partial charge in [0.15, 0.2) is 5.84 Å².